The average Bonchev–Trinajstić information content (AvgIpc) is 2.14. The molecule has 0 fully saturated rings. The summed E-state index contributed by atoms with van der Waals surface area (Å²) in [6.45, 7) is 0.0521. The highest BCUT2D eigenvalue weighted by atomic mass is 32.1. The molecule has 1 rings (SSSR count). The fourth-order valence-electron chi connectivity index (χ4n) is 0.274. The van der Waals surface area contributed by atoms with Crippen LogP contribution in [0.2, 0.25) is 0 Å². The van der Waals surface area contributed by atoms with Crippen molar-refractivity contribution >= 4 is 11.5 Å². The van der Waals surface area contributed by atoms with Crippen molar-refractivity contribution in [3.05, 3.63) is 17.1 Å². The molecule has 0 bridgehead atoms. The number of nitrogens with zero attached hydrogens (tertiary/aromatic N) is 1. The fraction of sp³-hybridized carbons (Fsp3) is 0.250. The molecule has 0 aliphatic rings. The predicted molar refractivity (Wildman–Crippen MR) is 26.9 cm³/mol. The van der Waals surface area contributed by atoms with Crippen molar-refractivity contribution in [3.8, 4) is 0 Å². The largest absolute Gasteiger partial charge is 0.392 e. The Balaban J connectivity index is 2.76. The summed E-state index contributed by atoms with van der Waals surface area (Å²) in [5, 5.41) is 10.1. The number of aliphatic hydroxyl groups is 1. The molecule has 0 unspecified atom stereocenters. The van der Waals surface area contributed by atoms with Crippen LogP contribution in [0.5, 0.6) is 0 Å². The van der Waals surface area contributed by atoms with E-state index in [1.165, 1.54) is 11.5 Å². The van der Waals surface area contributed by atoms with Crippen LogP contribution in [-0.2, 0) is 6.61 Å². The molecule has 0 spiro atoms. The number of hydrogen-bond donors (Lipinski definition) is 1. The van der Waals surface area contributed by atoms with E-state index in [4.69, 9.17) is 5.11 Å². The minimum atomic E-state index is 0.0521. The Bertz CT molecular complexity index is 126. The Morgan fingerprint density at radius 3 is 3.14 bits per heavy atom. The first kappa shape index (κ1) is 4.74. The Morgan fingerprint density at radius 2 is 2.86 bits per heavy atom. The Labute approximate surface area is 45.6 Å². The Kier molecular flexibility index (Phi) is 1.38. The lowest BCUT2D eigenvalue weighted by Crippen LogP contribution is -1.73. The molecule has 2 nitrogen and oxygen atoms in total. The molecule has 37 valence electrons. The maximum absolute atomic E-state index is 8.36. The fourth-order valence-corrected chi connectivity index (χ4v) is 0.751. The molecule has 0 aromatic carbocycles. The first-order chi connectivity index (χ1) is 3.43. The minimum Gasteiger partial charge on any atom is -0.392 e. The zero-order valence-corrected chi connectivity index (χ0v) is 4.40. The Morgan fingerprint density at radius 1 is 2.00 bits per heavy atom. The van der Waals surface area contributed by atoms with E-state index in [1.807, 2.05) is 0 Å². The maximum Gasteiger partial charge on any atom is 0.109 e. The lowest BCUT2D eigenvalue weighted by atomic mass is 10.4. The second kappa shape index (κ2) is 2.04. The summed E-state index contributed by atoms with van der Waals surface area (Å²) in [5.41, 5.74) is 0.769. The molecule has 7 heavy (non-hydrogen) atoms. The quantitative estimate of drug-likeness (QED) is 0.574. The summed E-state index contributed by atoms with van der Waals surface area (Å²) in [4.78, 5) is 0. The van der Waals surface area contributed by atoms with Gasteiger partial charge < -0.3 is 5.11 Å². The molecule has 0 saturated heterocycles. The van der Waals surface area contributed by atoms with Gasteiger partial charge in [0.2, 0.25) is 0 Å². The van der Waals surface area contributed by atoms with Crippen LogP contribution < -0.4 is 0 Å². The minimum absolute atomic E-state index is 0.0521. The van der Waals surface area contributed by atoms with Gasteiger partial charge in [0.15, 0.2) is 0 Å². The van der Waals surface area contributed by atoms with Gasteiger partial charge in [0.05, 0.1) is 6.61 Å². The van der Waals surface area contributed by atoms with Gasteiger partial charge in [0, 0.05) is 10.9 Å². The zero-order valence-electron chi connectivity index (χ0n) is 3.59. The molecule has 3 heteroatoms. The summed E-state index contributed by atoms with van der Waals surface area (Å²) in [5.74, 6) is 0. The van der Waals surface area contributed by atoms with Crippen molar-refractivity contribution in [1.29, 1.82) is 0 Å². The second-order valence-electron chi connectivity index (χ2n) is 1.11. The summed E-state index contributed by atoms with van der Waals surface area (Å²) in [7, 11) is 0. The summed E-state index contributed by atoms with van der Waals surface area (Å²) < 4.78 is 3.65. The molecule has 0 amide bonds. The monoisotopic (exact) mass is 114 g/mol. The van der Waals surface area contributed by atoms with Crippen molar-refractivity contribution in [1.82, 2.24) is 4.37 Å². The molecule has 1 heterocycles. The third-order valence-electron chi connectivity index (χ3n) is 0.607. The van der Waals surface area contributed by atoms with Gasteiger partial charge in [-0.1, -0.05) is 0 Å². The lowest BCUT2D eigenvalue weighted by molar-refractivity contribution is 0.282. The molecule has 0 atom stereocenters. The molecule has 0 aliphatic heterocycles. The van der Waals surface area contributed by atoms with Crippen LogP contribution in [0.15, 0.2) is 5.38 Å². The van der Waals surface area contributed by atoms with E-state index in [1.54, 1.807) is 5.38 Å². The number of aliphatic hydroxyl groups excluding tert-OH is 1. The summed E-state index contributed by atoms with van der Waals surface area (Å²) in [6.07, 6.45) is 2.61. The van der Waals surface area contributed by atoms with Gasteiger partial charge in [-0.15, -0.1) is 0 Å². The van der Waals surface area contributed by atoms with Gasteiger partial charge in [-0.25, -0.2) is 0 Å². The first-order valence-corrected chi connectivity index (χ1v) is 2.69. The predicted octanol–water partition coefficient (Wildman–Crippen LogP) is 0.436. The normalized spacial score (nSPS) is 9.29. The zero-order chi connectivity index (χ0) is 5.11. The van der Waals surface area contributed by atoms with Crippen LogP contribution in [0.25, 0.3) is 0 Å². The van der Waals surface area contributed by atoms with Gasteiger partial charge in [0.1, 0.15) is 6.20 Å². The lowest BCUT2D eigenvalue weighted by Gasteiger charge is -1.76. The van der Waals surface area contributed by atoms with Gasteiger partial charge in [-0.05, 0) is 11.5 Å². The SMILES string of the molecule is OCc1[c]nsc1. The molecule has 1 N–H and O–H groups in total. The number of hydrogen-bond acceptors (Lipinski definition) is 3. The van der Waals surface area contributed by atoms with Gasteiger partial charge >= 0.3 is 0 Å². The van der Waals surface area contributed by atoms with E-state index in [9.17, 15) is 0 Å². The smallest absolute Gasteiger partial charge is 0.109 e. The summed E-state index contributed by atoms with van der Waals surface area (Å²) in [6, 6.07) is 0. The third-order valence-corrected chi connectivity index (χ3v) is 1.19. The highest BCUT2D eigenvalue weighted by Crippen LogP contribution is 1.97. The van der Waals surface area contributed by atoms with E-state index >= 15 is 0 Å². The molecule has 1 aromatic rings. The molecular formula is C4H4NOS. The van der Waals surface area contributed by atoms with Crippen LogP contribution in [0, 0.1) is 6.20 Å². The highest BCUT2D eigenvalue weighted by Gasteiger charge is 1.86. The van der Waals surface area contributed by atoms with Crippen molar-refractivity contribution in [3.63, 3.8) is 0 Å². The van der Waals surface area contributed by atoms with Crippen LogP contribution in [0.4, 0.5) is 0 Å². The van der Waals surface area contributed by atoms with Crippen molar-refractivity contribution in [2.45, 2.75) is 6.61 Å². The Hall–Kier alpha value is -0.410. The van der Waals surface area contributed by atoms with E-state index in [0.29, 0.717) is 0 Å². The third kappa shape index (κ3) is 0.976. The first-order valence-electron chi connectivity index (χ1n) is 1.85. The average molecular weight is 114 g/mol. The second-order valence-corrected chi connectivity index (χ2v) is 1.74. The van der Waals surface area contributed by atoms with Crippen molar-refractivity contribution in [2.75, 3.05) is 0 Å². The van der Waals surface area contributed by atoms with E-state index in [2.05, 4.69) is 10.6 Å². The molecule has 1 radical (unpaired) electrons. The van der Waals surface area contributed by atoms with Gasteiger partial charge in [0.25, 0.3) is 0 Å². The standard InChI is InChI=1S/C4H4NOS/c6-2-4-1-5-7-3-4/h3,6H,2H2. The topological polar surface area (TPSA) is 33.1 Å². The molecule has 1 aromatic heterocycles. The van der Waals surface area contributed by atoms with E-state index in [0.717, 1.165) is 5.56 Å². The van der Waals surface area contributed by atoms with Crippen LogP contribution in [0.1, 0.15) is 5.56 Å². The van der Waals surface area contributed by atoms with E-state index in [-0.39, 0.29) is 6.61 Å². The van der Waals surface area contributed by atoms with Crippen LogP contribution in [-0.4, -0.2) is 9.48 Å². The van der Waals surface area contributed by atoms with E-state index < -0.39 is 0 Å². The van der Waals surface area contributed by atoms with Crippen LogP contribution in [0.3, 0.4) is 0 Å². The molecule has 0 aliphatic carbocycles. The number of aromatic nitrogens is 1. The molecular weight excluding hydrogens is 110 g/mol. The van der Waals surface area contributed by atoms with Crippen LogP contribution >= 0.6 is 11.5 Å². The van der Waals surface area contributed by atoms with Gasteiger partial charge in [-0.2, -0.15) is 4.37 Å². The highest BCUT2D eigenvalue weighted by molar-refractivity contribution is 7.03. The molecule has 0 saturated carbocycles. The van der Waals surface area contributed by atoms with Crippen molar-refractivity contribution < 1.29 is 5.11 Å². The maximum atomic E-state index is 8.36. The van der Waals surface area contributed by atoms with Crippen molar-refractivity contribution in [2.24, 2.45) is 0 Å². The van der Waals surface area contributed by atoms with Gasteiger partial charge in [-0.3, -0.25) is 0 Å². The number of rotatable bonds is 1. The summed E-state index contributed by atoms with van der Waals surface area (Å²) >= 11 is 1.30.